The van der Waals surface area contributed by atoms with Crippen LogP contribution in [0, 0.1) is 0 Å². The van der Waals surface area contributed by atoms with Crippen LogP contribution in [-0.4, -0.2) is 30.2 Å². The first kappa shape index (κ1) is 13.9. The minimum absolute atomic E-state index is 0.0143. The highest BCUT2D eigenvalue weighted by Gasteiger charge is 2.33. The molecule has 0 bridgehead atoms. The zero-order valence-electron chi connectivity index (χ0n) is 11.4. The van der Waals surface area contributed by atoms with Gasteiger partial charge in [0.2, 0.25) is 0 Å². The molecule has 19 heavy (non-hydrogen) atoms. The minimum atomic E-state index is -0.434. The van der Waals surface area contributed by atoms with Crippen molar-refractivity contribution in [3.05, 3.63) is 29.8 Å². The molecule has 4 nitrogen and oxygen atoms in total. The third-order valence-corrected chi connectivity index (χ3v) is 3.93. The van der Waals surface area contributed by atoms with Gasteiger partial charge in [0, 0.05) is 12.7 Å². The van der Waals surface area contributed by atoms with Crippen LogP contribution in [0.25, 0.3) is 0 Å². The Kier molecular flexibility index (Phi) is 4.43. The van der Waals surface area contributed by atoms with Crippen LogP contribution in [0.3, 0.4) is 0 Å². The van der Waals surface area contributed by atoms with Crippen molar-refractivity contribution >= 4 is 11.6 Å². The van der Waals surface area contributed by atoms with Crippen molar-refractivity contribution < 1.29 is 9.90 Å². The summed E-state index contributed by atoms with van der Waals surface area (Å²) in [4.78, 5) is 12.4. The van der Waals surface area contributed by atoms with Crippen LogP contribution in [-0.2, 0) is 0 Å². The van der Waals surface area contributed by atoms with Crippen molar-refractivity contribution in [3.8, 4) is 0 Å². The molecule has 0 spiro atoms. The number of anilines is 1. The summed E-state index contributed by atoms with van der Waals surface area (Å²) in [7, 11) is 1.80. The predicted octanol–water partition coefficient (Wildman–Crippen LogP) is 2.15. The molecule has 0 atom stereocenters. The van der Waals surface area contributed by atoms with E-state index in [9.17, 15) is 9.90 Å². The number of hydrogen-bond donors (Lipinski definition) is 3. The minimum Gasteiger partial charge on any atom is -0.394 e. The molecule has 0 radical (unpaired) electrons. The van der Waals surface area contributed by atoms with Crippen molar-refractivity contribution in [1.29, 1.82) is 0 Å². The van der Waals surface area contributed by atoms with E-state index in [2.05, 4.69) is 10.6 Å². The summed E-state index contributed by atoms with van der Waals surface area (Å²) >= 11 is 0. The van der Waals surface area contributed by atoms with Gasteiger partial charge in [0.25, 0.3) is 5.91 Å². The van der Waals surface area contributed by atoms with E-state index in [0.717, 1.165) is 31.4 Å². The molecule has 0 aromatic heterocycles. The summed E-state index contributed by atoms with van der Waals surface area (Å²) in [5, 5.41) is 15.7. The SMILES string of the molecule is CNc1ccccc1C(=O)NC1(CO)CCCCC1. The number of para-hydroxylation sites is 1. The molecule has 1 aromatic carbocycles. The lowest BCUT2D eigenvalue weighted by Crippen LogP contribution is -2.52. The molecule has 104 valence electrons. The zero-order chi connectivity index (χ0) is 13.7. The summed E-state index contributed by atoms with van der Waals surface area (Å²) in [6.45, 7) is 0.0143. The van der Waals surface area contributed by atoms with Gasteiger partial charge in [-0.3, -0.25) is 4.79 Å². The van der Waals surface area contributed by atoms with Crippen LogP contribution in [0.1, 0.15) is 42.5 Å². The van der Waals surface area contributed by atoms with Crippen molar-refractivity contribution in [2.24, 2.45) is 0 Å². The average Bonchev–Trinajstić information content (AvgIpc) is 2.48. The standard InChI is InChI=1S/C15H22N2O2/c1-16-13-8-4-3-7-12(13)14(19)17-15(11-18)9-5-2-6-10-15/h3-4,7-8,16,18H,2,5-6,9-11H2,1H3,(H,17,19). The second kappa shape index (κ2) is 6.06. The highest BCUT2D eigenvalue weighted by Crippen LogP contribution is 2.28. The van der Waals surface area contributed by atoms with Crippen LogP contribution < -0.4 is 10.6 Å². The van der Waals surface area contributed by atoms with E-state index in [1.165, 1.54) is 6.42 Å². The van der Waals surface area contributed by atoms with E-state index in [1.807, 2.05) is 18.2 Å². The Balaban J connectivity index is 2.15. The van der Waals surface area contributed by atoms with Gasteiger partial charge < -0.3 is 15.7 Å². The van der Waals surface area contributed by atoms with Gasteiger partial charge in [-0.2, -0.15) is 0 Å². The summed E-state index contributed by atoms with van der Waals surface area (Å²) < 4.78 is 0. The Bertz CT molecular complexity index is 440. The normalized spacial score (nSPS) is 17.8. The number of aliphatic hydroxyl groups is 1. The van der Waals surface area contributed by atoms with Crippen LogP contribution in [0.4, 0.5) is 5.69 Å². The first-order valence-electron chi connectivity index (χ1n) is 6.91. The molecule has 1 fully saturated rings. The fourth-order valence-electron chi connectivity index (χ4n) is 2.76. The summed E-state index contributed by atoms with van der Waals surface area (Å²) in [5.74, 6) is -0.110. The second-order valence-corrected chi connectivity index (χ2v) is 5.25. The highest BCUT2D eigenvalue weighted by molar-refractivity contribution is 6.00. The molecule has 1 aliphatic rings. The summed E-state index contributed by atoms with van der Waals surface area (Å²) in [6.07, 6.45) is 5.03. The van der Waals surface area contributed by atoms with Crippen LogP contribution in [0.2, 0.25) is 0 Å². The molecule has 4 heteroatoms. The topological polar surface area (TPSA) is 61.4 Å². The number of carbonyl (C=O) groups is 1. The number of amides is 1. The maximum atomic E-state index is 12.4. The molecule has 1 saturated carbocycles. The molecule has 0 heterocycles. The Morgan fingerprint density at radius 3 is 2.58 bits per heavy atom. The average molecular weight is 262 g/mol. The molecule has 1 aliphatic carbocycles. The van der Waals surface area contributed by atoms with Crippen molar-refractivity contribution in [3.63, 3.8) is 0 Å². The Morgan fingerprint density at radius 1 is 1.26 bits per heavy atom. The monoisotopic (exact) mass is 262 g/mol. The Labute approximate surface area is 114 Å². The van der Waals surface area contributed by atoms with E-state index in [-0.39, 0.29) is 12.5 Å². The molecule has 1 aromatic rings. The van der Waals surface area contributed by atoms with Gasteiger partial charge in [0.05, 0.1) is 17.7 Å². The largest absolute Gasteiger partial charge is 0.394 e. The van der Waals surface area contributed by atoms with E-state index in [1.54, 1.807) is 13.1 Å². The van der Waals surface area contributed by atoms with Crippen molar-refractivity contribution in [1.82, 2.24) is 5.32 Å². The fourth-order valence-corrected chi connectivity index (χ4v) is 2.76. The lowest BCUT2D eigenvalue weighted by molar-refractivity contribution is 0.0759. The van der Waals surface area contributed by atoms with Gasteiger partial charge in [0.15, 0.2) is 0 Å². The molecular formula is C15H22N2O2. The summed E-state index contributed by atoms with van der Waals surface area (Å²) in [5.41, 5.74) is 1.00. The van der Waals surface area contributed by atoms with Gasteiger partial charge in [-0.05, 0) is 25.0 Å². The fraction of sp³-hybridized carbons (Fsp3) is 0.533. The van der Waals surface area contributed by atoms with Crippen molar-refractivity contribution in [2.45, 2.75) is 37.6 Å². The van der Waals surface area contributed by atoms with Crippen LogP contribution >= 0.6 is 0 Å². The smallest absolute Gasteiger partial charge is 0.253 e. The second-order valence-electron chi connectivity index (χ2n) is 5.25. The van der Waals surface area contributed by atoms with Crippen molar-refractivity contribution in [2.75, 3.05) is 19.0 Å². The molecule has 3 N–H and O–H groups in total. The molecule has 1 amide bonds. The molecule has 2 rings (SSSR count). The van der Waals surface area contributed by atoms with Crippen LogP contribution in [0.5, 0.6) is 0 Å². The molecule has 0 aliphatic heterocycles. The number of carbonyl (C=O) groups excluding carboxylic acids is 1. The molecule has 0 saturated heterocycles. The molecule has 0 unspecified atom stereocenters. The first-order valence-corrected chi connectivity index (χ1v) is 6.91. The van der Waals surface area contributed by atoms with E-state index in [4.69, 9.17) is 0 Å². The molecular weight excluding hydrogens is 240 g/mol. The van der Waals surface area contributed by atoms with E-state index < -0.39 is 5.54 Å². The lowest BCUT2D eigenvalue weighted by atomic mass is 9.82. The van der Waals surface area contributed by atoms with Gasteiger partial charge >= 0.3 is 0 Å². The maximum Gasteiger partial charge on any atom is 0.253 e. The van der Waals surface area contributed by atoms with E-state index >= 15 is 0 Å². The quantitative estimate of drug-likeness (QED) is 0.779. The number of hydrogen-bond acceptors (Lipinski definition) is 3. The van der Waals surface area contributed by atoms with Gasteiger partial charge in [0.1, 0.15) is 0 Å². The van der Waals surface area contributed by atoms with E-state index in [0.29, 0.717) is 5.56 Å². The highest BCUT2D eigenvalue weighted by atomic mass is 16.3. The Hall–Kier alpha value is -1.55. The van der Waals surface area contributed by atoms with Gasteiger partial charge in [-0.25, -0.2) is 0 Å². The zero-order valence-corrected chi connectivity index (χ0v) is 11.4. The van der Waals surface area contributed by atoms with Gasteiger partial charge in [-0.15, -0.1) is 0 Å². The third-order valence-electron chi connectivity index (χ3n) is 3.93. The number of benzene rings is 1. The lowest BCUT2D eigenvalue weighted by Gasteiger charge is -2.36. The first-order chi connectivity index (χ1) is 9.21. The van der Waals surface area contributed by atoms with Crippen LogP contribution in [0.15, 0.2) is 24.3 Å². The third kappa shape index (κ3) is 3.07. The maximum absolute atomic E-state index is 12.4. The number of nitrogens with one attached hydrogen (secondary N) is 2. The number of rotatable bonds is 4. The summed E-state index contributed by atoms with van der Waals surface area (Å²) in [6, 6.07) is 7.42. The predicted molar refractivity (Wildman–Crippen MR) is 76.4 cm³/mol. The Morgan fingerprint density at radius 2 is 1.95 bits per heavy atom. The van der Waals surface area contributed by atoms with Gasteiger partial charge in [-0.1, -0.05) is 31.4 Å². The number of aliphatic hydroxyl groups excluding tert-OH is 1.